The molecule has 1 amide bonds. The molecule has 14 heavy (non-hydrogen) atoms. The van der Waals surface area contributed by atoms with Crippen LogP contribution < -0.4 is 5.32 Å². The average Bonchev–Trinajstić information content (AvgIpc) is 2.97. The molecule has 0 heterocycles. The molecule has 1 aliphatic rings. The summed E-state index contributed by atoms with van der Waals surface area (Å²) in [6.45, 7) is 4.84. The van der Waals surface area contributed by atoms with Gasteiger partial charge in [-0.3, -0.25) is 4.79 Å². The Labute approximate surface area is 91.4 Å². The molecule has 1 saturated carbocycles. The van der Waals surface area contributed by atoms with E-state index in [0.29, 0.717) is 24.8 Å². The van der Waals surface area contributed by atoms with Gasteiger partial charge in [0.1, 0.15) is 0 Å². The van der Waals surface area contributed by atoms with E-state index < -0.39 is 0 Å². The number of amides is 1. The standard InChI is InChI=1S/C11H20ClNO/c1-3-8(2)6-11(14)13-7-10(12)9-4-5-9/h8-10H,3-7H2,1-2H3,(H,13,14). The second-order valence-corrected chi connectivity index (χ2v) is 4.94. The second kappa shape index (κ2) is 5.59. The Kier molecular flexibility index (Phi) is 4.73. The van der Waals surface area contributed by atoms with Crippen LogP contribution in [0.3, 0.4) is 0 Å². The molecule has 0 aromatic heterocycles. The molecule has 2 atom stereocenters. The maximum atomic E-state index is 11.4. The topological polar surface area (TPSA) is 29.1 Å². The van der Waals surface area contributed by atoms with Gasteiger partial charge in [-0.1, -0.05) is 20.3 Å². The van der Waals surface area contributed by atoms with E-state index >= 15 is 0 Å². The third-order valence-electron chi connectivity index (χ3n) is 2.86. The zero-order valence-electron chi connectivity index (χ0n) is 9.05. The van der Waals surface area contributed by atoms with Crippen LogP contribution in [0.1, 0.15) is 39.5 Å². The summed E-state index contributed by atoms with van der Waals surface area (Å²) in [5.41, 5.74) is 0. The monoisotopic (exact) mass is 217 g/mol. The fourth-order valence-electron chi connectivity index (χ4n) is 1.37. The summed E-state index contributed by atoms with van der Waals surface area (Å²) in [5.74, 6) is 1.27. The van der Waals surface area contributed by atoms with E-state index in [1.807, 2.05) is 0 Å². The van der Waals surface area contributed by atoms with Gasteiger partial charge < -0.3 is 5.32 Å². The Balaban J connectivity index is 2.07. The van der Waals surface area contributed by atoms with Gasteiger partial charge in [-0.2, -0.15) is 0 Å². The molecule has 0 spiro atoms. The van der Waals surface area contributed by atoms with Crippen molar-refractivity contribution < 1.29 is 4.79 Å². The SMILES string of the molecule is CCC(C)CC(=O)NCC(Cl)C1CC1. The van der Waals surface area contributed by atoms with Crippen molar-refractivity contribution in [1.82, 2.24) is 5.32 Å². The first kappa shape index (κ1) is 11.8. The minimum Gasteiger partial charge on any atom is -0.355 e. The third-order valence-corrected chi connectivity index (χ3v) is 3.37. The highest BCUT2D eigenvalue weighted by Gasteiger charge is 2.29. The smallest absolute Gasteiger partial charge is 0.220 e. The molecule has 1 N–H and O–H groups in total. The lowest BCUT2D eigenvalue weighted by Gasteiger charge is -2.11. The Hall–Kier alpha value is -0.240. The van der Waals surface area contributed by atoms with Crippen molar-refractivity contribution in [1.29, 1.82) is 0 Å². The van der Waals surface area contributed by atoms with Gasteiger partial charge in [0.25, 0.3) is 0 Å². The molecule has 3 heteroatoms. The van der Waals surface area contributed by atoms with E-state index in [1.54, 1.807) is 0 Å². The Morgan fingerprint density at radius 2 is 2.21 bits per heavy atom. The van der Waals surface area contributed by atoms with Gasteiger partial charge in [0.2, 0.25) is 5.91 Å². The molecule has 0 aromatic rings. The van der Waals surface area contributed by atoms with Crippen LogP contribution in [-0.4, -0.2) is 17.8 Å². The lowest BCUT2D eigenvalue weighted by atomic mass is 10.1. The van der Waals surface area contributed by atoms with Crippen molar-refractivity contribution in [2.45, 2.75) is 44.9 Å². The minimum absolute atomic E-state index is 0.144. The normalized spacial score (nSPS) is 20.2. The minimum atomic E-state index is 0.144. The van der Waals surface area contributed by atoms with E-state index in [2.05, 4.69) is 19.2 Å². The molecule has 1 aliphatic carbocycles. The molecule has 1 rings (SSSR count). The molecule has 2 unspecified atom stereocenters. The predicted octanol–water partition coefficient (Wildman–Crippen LogP) is 2.56. The zero-order valence-corrected chi connectivity index (χ0v) is 9.81. The summed E-state index contributed by atoms with van der Waals surface area (Å²) >= 11 is 6.08. The molecule has 0 saturated heterocycles. The number of nitrogens with one attached hydrogen (secondary N) is 1. The number of hydrogen-bond acceptors (Lipinski definition) is 1. The second-order valence-electron chi connectivity index (χ2n) is 4.38. The fourth-order valence-corrected chi connectivity index (χ4v) is 1.70. The molecule has 0 aromatic carbocycles. The van der Waals surface area contributed by atoms with Gasteiger partial charge in [0, 0.05) is 13.0 Å². The number of alkyl halides is 1. The number of carbonyl (C=O) groups is 1. The molecule has 0 radical (unpaired) electrons. The van der Waals surface area contributed by atoms with Crippen LogP contribution in [0.15, 0.2) is 0 Å². The van der Waals surface area contributed by atoms with E-state index in [0.717, 1.165) is 6.42 Å². The Morgan fingerprint density at radius 3 is 2.71 bits per heavy atom. The Bertz CT molecular complexity index is 192. The van der Waals surface area contributed by atoms with Gasteiger partial charge in [-0.25, -0.2) is 0 Å². The quantitative estimate of drug-likeness (QED) is 0.681. The molecular formula is C11H20ClNO. The van der Waals surface area contributed by atoms with Crippen LogP contribution in [0.25, 0.3) is 0 Å². The van der Waals surface area contributed by atoms with Gasteiger partial charge in [0.05, 0.1) is 5.38 Å². The van der Waals surface area contributed by atoms with Crippen LogP contribution in [0.4, 0.5) is 0 Å². The van der Waals surface area contributed by atoms with Crippen LogP contribution in [0.2, 0.25) is 0 Å². The lowest BCUT2D eigenvalue weighted by molar-refractivity contribution is -0.121. The van der Waals surface area contributed by atoms with Crippen LogP contribution in [0, 0.1) is 11.8 Å². The first-order valence-corrected chi connectivity index (χ1v) is 5.97. The summed E-state index contributed by atoms with van der Waals surface area (Å²) in [5, 5.41) is 3.05. The van der Waals surface area contributed by atoms with Gasteiger partial charge in [0.15, 0.2) is 0 Å². The highest BCUT2D eigenvalue weighted by molar-refractivity contribution is 6.21. The first-order chi connectivity index (χ1) is 6.63. The number of carbonyl (C=O) groups excluding carboxylic acids is 1. The maximum Gasteiger partial charge on any atom is 0.220 e. The van der Waals surface area contributed by atoms with Crippen molar-refractivity contribution in [2.24, 2.45) is 11.8 Å². The number of hydrogen-bond donors (Lipinski definition) is 1. The summed E-state index contributed by atoms with van der Waals surface area (Å²) in [6, 6.07) is 0. The van der Waals surface area contributed by atoms with Crippen LogP contribution in [-0.2, 0) is 4.79 Å². The summed E-state index contributed by atoms with van der Waals surface area (Å²) in [4.78, 5) is 11.4. The van der Waals surface area contributed by atoms with Crippen LogP contribution >= 0.6 is 11.6 Å². The van der Waals surface area contributed by atoms with E-state index in [1.165, 1.54) is 12.8 Å². The number of rotatable bonds is 6. The highest BCUT2D eigenvalue weighted by atomic mass is 35.5. The Morgan fingerprint density at radius 1 is 1.57 bits per heavy atom. The molecule has 82 valence electrons. The highest BCUT2D eigenvalue weighted by Crippen LogP contribution is 2.35. The van der Waals surface area contributed by atoms with E-state index in [4.69, 9.17) is 11.6 Å². The molecule has 0 bridgehead atoms. The first-order valence-electron chi connectivity index (χ1n) is 5.54. The summed E-state index contributed by atoms with van der Waals surface area (Å²) in [7, 11) is 0. The molecule has 1 fully saturated rings. The largest absolute Gasteiger partial charge is 0.355 e. The van der Waals surface area contributed by atoms with Gasteiger partial charge >= 0.3 is 0 Å². The van der Waals surface area contributed by atoms with Crippen molar-refractivity contribution in [3.05, 3.63) is 0 Å². The summed E-state index contributed by atoms with van der Waals surface area (Å²) in [6.07, 6.45) is 4.15. The van der Waals surface area contributed by atoms with Crippen molar-refractivity contribution in [2.75, 3.05) is 6.54 Å². The average molecular weight is 218 g/mol. The lowest BCUT2D eigenvalue weighted by Crippen LogP contribution is -2.31. The fraction of sp³-hybridized carbons (Fsp3) is 0.909. The van der Waals surface area contributed by atoms with Crippen molar-refractivity contribution in [3.8, 4) is 0 Å². The van der Waals surface area contributed by atoms with Crippen LogP contribution in [0.5, 0.6) is 0 Å². The third kappa shape index (κ3) is 4.32. The van der Waals surface area contributed by atoms with Gasteiger partial charge in [-0.15, -0.1) is 11.6 Å². The zero-order chi connectivity index (χ0) is 10.6. The molecular weight excluding hydrogens is 198 g/mol. The summed E-state index contributed by atoms with van der Waals surface area (Å²) < 4.78 is 0. The maximum absolute atomic E-state index is 11.4. The van der Waals surface area contributed by atoms with Crippen molar-refractivity contribution in [3.63, 3.8) is 0 Å². The van der Waals surface area contributed by atoms with E-state index in [-0.39, 0.29) is 11.3 Å². The molecule has 0 aliphatic heterocycles. The van der Waals surface area contributed by atoms with Crippen molar-refractivity contribution >= 4 is 17.5 Å². The molecule has 2 nitrogen and oxygen atoms in total. The van der Waals surface area contributed by atoms with E-state index in [9.17, 15) is 4.79 Å². The van der Waals surface area contributed by atoms with Gasteiger partial charge in [-0.05, 0) is 24.7 Å². The predicted molar refractivity (Wildman–Crippen MR) is 59.4 cm³/mol. The number of halogens is 1.